The zero-order valence-electron chi connectivity index (χ0n) is 13.6. The van der Waals surface area contributed by atoms with Gasteiger partial charge in [0.15, 0.2) is 0 Å². The minimum atomic E-state index is -2.83. The molecule has 1 amide bonds. The molecule has 0 bridgehead atoms. The highest BCUT2D eigenvalue weighted by Gasteiger charge is 2.22. The smallest absolute Gasteiger partial charge is 0.387 e. The molecule has 25 heavy (non-hydrogen) atoms. The number of rotatable bonds is 4. The number of ether oxygens (including phenoxy) is 1. The zero-order chi connectivity index (χ0) is 17.1. The SMILES string of the molecule is CC1CN(C(=O)c2ccc(-c3ccc(OC(F)F)cc3)s2)CCN1.Cl. The van der Waals surface area contributed by atoms with Gasteiger partial charge in [-0.05, 0) is 48.9 Å². The van der Waals surface area contributed by atoms with Crippen LogP contribution in [0.3, 0.4) is 0 Å². The standard InChI is InChI=1S/C17H18F2N2O2S.ClH/c1-11-10-21(9-8-20-11)16(22)15-7-6-14(24-15)12-2-4-13(5-3-12)23-17(18)19;/h2-7,11,17,20H,8-10H2,1H3;1H. The Morgan fingerprint density at radius 2 is 2.00 bits per heavy atom. The van der Waals surface area contributed by atoms with Gasteiger partial charge in [0.05, 0.1) is 4.88 Å². The summed E-state index contributed by atoms with van der Waals surface area (Å²) in [6.45, 7) is 1.43. The molecule has 0 spiro atoms. The van der Waals surface area contributed by atoms with Crippen LogP contribution in [0.5, 0.6) is 5.75 Å². The average molecular weight is 389 g/mol. The second-order valence-corrected chi connectivity index (χ2v) is 6.76. The maximum absolute atomic E-state index is 12.6. The van der Waals surface area contributed by atoms with Crippen molar-refractivity contribution in [2.75, 3.05) is 19.6 Å². The fourth-order valence-electron chi connectivity index (χ4n) is 2.68. The lowest BCUT2D eigenvalue weighted by Crippen LogP contribution is -2.51. The molecule has 1 aromatic heterocycles. The Kier molecular flexibility index (Phi) is 6.75. The summed E-state index contributed by atoms with van der Waals surface area (Å²) in [6, 6.07) is 10.4. The van der Waals surface area contributed by atoms with Gasteiger partial charge >= 0.3 is 6.61 Å². The molecule has 3 rings (SSSR count). The zero-order valence-corrected chi connectivity index (χ0v) is 15.2. The number of nitrogens with zero attached hydrogens (tertiary/aromatic N) is 1. The predicted molar refractivity (Wildman–Crippen MR) is 97.0 cm³/mol. The summed E-state index contributed by atoms with van der Waals surface area (Å²) < 4.78 is 28.7. The van der Waals surface area contributed by atoms with Gasteiger partial charge in [-0.3, -0.25) is 4.79 Å². The van der Waals surface area contributed by atoms with E-state index < -0.39 is 6.61 Å². The first kappa shape index (κ1) is 19.6. The number of hydrogen-bond donors (Lipinski definition) is 1. The number of hydrogen-bond acceptors (Lipinski definition) is 4. The molecule has 0 aliphatic carbocycles. The average Bonchev–Trinajstić information content (AvgIpc) is 3.04. The van der Waals surface area contributed by atoms with Gasteiger partial charge in [-0.15, -0.1) is 23.7 Å². The van der Waals surface area contributed by atoms with Gasteiger partial charge in [0, 0.05) is 30.6 Å². The largest absolute Gasteiger partial charge is 0.435 e. The molecule has 1 atom stereocenters. The fraction of sp³-hybridized carbons (Fsp3) is 0.353. The van der Waals surface area contributed by atoms with Crippen molar-refractivity contribution in [2.45, 2.75) is 19.6 Å². The summed E-state index contributed by atoms with van der Waals surface area (Å²) in [5.41, 5.74) is 0.870. The number of carbonyl (C=O) groups is 1. The quantitative estimate of drug-likeness (QED) is 0.864. The monoisotopic (exact) mass is 388 g/mol. The van der Waals surface area contributed by atoms with Crippen LogP contribution in [0.1, 0.15) is 16.6 Å². The molecule has 1 aliphatic heterocycles. The number of amides is 1. The lowest BCUT2D eigenvalue weighted by molar-refractivity contribution is -0.0498. The summed E-state index contributed by atoms with van der Waals surface area (Å²) in [5.74, 6) is 0.161. The van der Waals surface area contributed by atoms with Gasteiger partial charge in [-0.1, -0.05) is 0 Å². The lowest BCUT2D eigenvalue weighted by Gasteiger charge is -2.31. The Bertz CT molecular complexity index is 709. The molecule has 136 valence electrons. The Balaban J connectivity index is 0.00000225. The second-order valence-electron chi connectivity index (χ2n) is 5.67. The molecule has 1 aromatic carbocycles. The van der Waals surface area contributed by atoms with E-state index in [1.54, 1.807) is 12.1 Å². The number of alkyl halides is 2. The van der Waals surface area contributed by atoms with E-state index in [1.807, 2.05) is 17.0 Å². The van der Waals surface area contributed by atoms with Crippen LogP contribution in [0.25, 0.3) is 10.4 Å². The molecule has 4 nitrogen and oxygen atoms in total. The molecular weight excluding hydrogens is 370 g/mol. The van der Waals surface area contributed by atoms with Gasteiger partial charge in [0.1, 0.15) is 5.75 Å². The van der Waals surface area contributed by atoms with E-state index >= 15 is 0 Å². The van der Waals surface area contributed by atoms with Gasteiger partial charge in [-0.2, -0.15) is 8.78 Å². The molecule has 0 saturated carbocycles. The van der Waals surface area contributed by atoms with Crippen LogP contribution in [0.2, 0.25) is 0 Å². The number of piperazine rings is 1. The first-order valence-electron chi connectivity index (χ1n) is 7.70. The Labute approximate surface area is 155 Å². The van der Waals surface area contributed by atoms with E-state index in [0.717, 1.165) is 17.0 Å². The van der Waals surface area contributed by atoms with Gasteiger partial charge < -0.3 is 15.0 Å². The summed E-state index contributed by atoms with van der Waals surface area (Å²) in [5, 5.41) is 3.31. The van der Waals surface area contributed by atoms with Crippen molar-refractivity contribution in [2.24, 2.45) is 0 Å². The van der Waals surface area contributed by atoms with Crippen LogP contribution < -0.4 is 10.1 Å². The van der Waals surface area contributed by atoms with E-state index in [4.69, 9.17) is 0 Å². The number of nitrogens with one attached hydrogen (secondary N) is 1. The van der Waals surface area contributed by atoms with E-state index in [1.165, 1.54) is 23.5 Å². The van der Waals surface area contributed by atoms with Crippen molar-refractivity contribution in [1.29, 1.82) is 0 Å². The van der Waals surface area contributed by atoms with Crippen LogP contribution in [0.15, 0.2) is 36.4 Å². The third-order valence-electron chi connectivity index (χ3n) is 3.84. The van der Waals surface area contributed by atoms with Crippen LogP contribution in [0.4, 0.5) is 8.78 Å². The molecule has 1 unspecified atom stereocenters. The molecule has 1 fully saturated rings. The van der Waals surface area contributed by atoms with E-state index in [-0.39, 0.29) is 24.1 Å². The highest BCUT2D eigenvalue weighted by Crippen LogP contribution is 2.30. The second kappa shape index (κ2) is 8.60. The van der Waals surface area contributed by atoms with Crippen molar-refractivity contribution in [3.63, 3.8) is 0 Å². The molecule has 8 heteroatoms. The highest BCUT2D eigenvalue weighted by atomic mass is 35.5. The van der Waals surface area contributed by atoms with Crippen LogP contribution >= 0.6 is 23.7 Å². The third-order valence-corrected chi connectivity index (χ3v) is 4.96. The number of carbonyl (C=O) groups excluding carboxylic acids is 1. The van der Waals surface area contributed by atoms with Crippen molar-refractivity contribution >= 4 is 29.7 Å². The summed E-state index contributed by atoms with van der Waals surface area (Å²) in [4.78, 5) is 16.0. The van der Waals surface area contributed by atoms with Crippen LogP contribution in [-0.4, -0.2) is 43.1 Å². The molecule has 1 aliphatic rings. The van der Waals surface area contributed by atoms with E-state index in [0.29, 0.717) is 24.0 Å². The number of thiophene rings is 1. The molecule has 1 saturated heterocycles. The highest BCUT2D eigenvalue weighted by molar-refractivity contribution is 7.17. The number of benzene rings is 1. The number of halogens is 3. The van der Waals surface area contributed by atoms with E-state index in [2.05, 4.69) is 17.0 Å². The van der Waals surface area contributed by atoms with Gasteiger partial charge in [0.2, 0.25) is 0 Å². The molecular formula is C17H19ClF2N2O2S. The Morgan fingerprint density at radius 1 is 1.28 bits per heavy atom. The van der Waals surface area contributed by atoms with Crippen LogP contribution in [-0.2, 0) is 0 Å². The Morgan fingerprint density at radius 3 is 2.64 bits per heavy atom. The fourth-order valence-corrected chi connectivity index (χ4v) is 3.66. The first-order chi connectivity index (χ1) is 11.5. The minimum Gasteiger partial charge on any atom is -0.435 e. The molecule has 2 heterocycles. The lowest BCUT2D eigenvalue weighted by atomic mass is 10.2. The summed E-state index contributed by atoms with van der Waals surface area (Å²) in [7, 11) is 0. The predicted octanol–water partition coefficient (Wildman–Crippen LogP) is 3.87. The normalized spacial score (nSPS) is 17.3. The van der Waals surface area contributed by atoms with Crippen molar-refractivity contribution in [3.8, 4) is 16.2 Å². The van der Waals surface area contributed by atoms with Crippen molar-refractivity contribution in [3.05, 3.63) is 41.3 Å². The van der Waals surface area contributed by atoms with Gasteiger partial charge in [0.25, 0.3) is 5.91 Å². The van der Waals surface area contributed by atoms with Gasteiger partial charge in [-0.25, -0.2) is 0 Å². The third kappa shape index (κ3) is 4.90. The summed E-state index contributed by atoms with van der Waals surface area (Å²) in [6.07, 6.45) is 0. The minimum absolute atomic E-state index is 0. The topological polar surface area (TPSA) is 41.6 Å². The van der Waals surface area contributed by atoms with Crippen molar-refractivity contribution < 1.29 is 18.3 Å². The van der Waals surface area contributed by atoms with E-state index in [9.17, 15) is 13.6 Å². The molecule has 0 radical (unpaired) electrons. The summed E-state index contributed by atoms with van der Waals surface area (Å²) >= 11 is 1.41. The maximum Gasteiger partial charge on any atom is 0.387 e. The van der Waals surface area contributed by atoms with Crippen LogP contribution in [0, 0.1) is 0 Å². The maximum atomic E-state index is 12.6. The molecule has 1 N–H and O–H groups in total. The first-order valence-corrected chi connectivity index (χ1v) is 8.52. The van der Waals surface area contributed by atoms with Crippen molar-refractivity contribution in [1.82, 2.24) is 10.2 Å². The Hall–Kier alpha value is -1.70. The molecule has 2 aromatic rings.